The molecule has 2 aromatic heterocycles. The predicted octanol–water partition coefficient (Wildman–Crippen LogP) is 12.6. The summed E-state index contributed by atoms with van der Waals surface area (Å²) in [6, 6.07) is 62.9. The highest BCUT2D eigenvalue weighted by Gasteiger charge is 2.38. The third-order valence-corrected chi connectivity index (χ3v) is 11.0. The van der Waals surface area contributed by atoms with Gasteiger partial charge in [-0.1, -0.05) is 159 Å². The van der Waals surface area contributed by atoms with Crippen LogP contribution < -0.4 is 0 Å². The number of hydrogen-bond acceptors (Lipinski definition) is 2. The molecule has 0 unspecified atom stereocenters. The van der Waals surface area contributed by atoms with Gasteiger partial charge in [0.05, 0.1) is 11.4 Å². The van der Waals surface area contributed by atoms with E-state index in [1.54, 1.807) is 0 Å². The molecule has 0 aliphatic heterocycles. The van der Waals surface area contributed by atoms with Crippen molar-refractivity contribution in [1.82, 2.24) is 9.78 Å². The average molecular weight is 669 g/mol. The topological polar surface area (TPSA) is 31.0 Å². The fourth-order valence-electron chi connectivity index (χ4n) is 8.60. The number of aromatic nitrogens is 2. The zero-order valence-corrected chi connectivity index (χ0v) is 29.1. The molecule has 0 saturated heterocycles. The summed E-state index contributed by atoms with van der Waals surface area (Å²) in [6.45, 7) is 4.71. The van der Waals surface area contributed by atoms with E-state index < -0.39 is 0 Å². The molecule has 0 N–H and O–H groups in total. The highest BCUT2D eigenvalue weighted by Crippen LogP contribution is 2.52. The van der Waals surface area contributed by atoms with Crippen molar-refractivity contribution in [3.8, 4) is 39.3 Å². The molecule has 1 aliphatic rings. The van der Waals surface area contributed by atoms with Gasteiger partial charge in [0.2, 0.25) is 0 Å². The quantitative estimate of drug-likeness (QED) is 0.183. The first-order valence-electron chi connectivity index (χ1n) is 18.0. The fraction of sp³-hybridized carbons (Fsp3) is 0.0816. The first kappa shape index (κ1) is 30.4. The molecule has 248 valence electrons. The molecule has 9 aromatic rings. The van der Waals surface area contributed by atoms with Crippen LogP contribution in [0.5, 0.6) is 0 Å². The van der Waals surface area contributed by atoms with Crippen molar-refractivity contribution in [2.24, 2.45) is 0 Å². The van der Waals surface area contributed by atoms with Gasteiger partial charge < -0.3 is 4.42 Å². The molecule has 3 nitrogen and oxygen atoms in total. The summed E-state index contributed by atoms with van der Waals surface area (Å²) in [5.74, 6) is 0.0294. The first-order chi connectivity index (χ1) is 25.6. The Labute approximate surface area is 303 Å². The third kappa shape index (κ3) is 4.63. The Bertz CT molecular complexity index is 2710. The maximum atomic E-state index is 6.91. The maximum Gasteiger partial charge on any atom is 0.143 e. The molecule has 7 aromatic carbocycles. The Kier molecular flexibility index (Phi) is 6.91. The third-order valence-electron chi connectivity index (χ3n) is 11.0. The van der Waals surface area contributed by atoms with Crippen LogP contribution in [0.3, 0.4) is 0 Å². The molecular weight excluding hydrogens is 633 g/mol. The van der Waals surface area contributed by atoms with E-state index >= 15 is 0 Å². The summed E-state index contributed by atoms with van der Waals surface area (Å²) < 4.78 is 9.03. The van der Waals surface area contributed by atoms with Gasteiger partial charge in [-0.3, -0.25) is 0 Å². The standard InChI is InChI=1S/C49H36N2O/c1-49(2)41-27-15-12-25-37(41)44(38-26-13-16-28-42(38)49)34-30-39-36-24-14-17-29-43(36)52-48(39)40(31-34)45-46(32-18-6-3-7-19-32)50-51(35-22-10-5-11-23-35)47(45)33-20-8-4-9-21-33/h3-31,44H,1-2H3. The second-order valence-corrected chi connectivity index (χ2v) is 14.3. The summed E-state index contributed by atoms with van der Waals surface area (Å²) in [7, 11) is 0. The Morgan fingerprint density at radius 2 is 1.12 bits per heavy atom. The minimum Gasteiger partial charge on any atom is -0.455 e. The van der Waals surface area contributed by atoms with Gasteiger partial charge in [0, 0.05) is 44.4 Å². The summed E-state index contributed by atoms with van der Waals surface area (Å²) in [5, 5.41) is 7.68. The maximum absolute atomic E-state index is 6.91. The number of benzene rings is 7. The van der Waals surface area contributed by atoms with Crippen molar-refractivity contribution in [1.29, 1.82) is 0 Å². The van der Waals surface area contributed by atoms with Crippen LogP contribution in [0.1, 0.15) is 47.6 Å². The smallest absolute Gasteiger partial charge is 0.143 e. The van der Waals surface area contributed by atoms with Crippen molar-refractivity contribution in [3.63, 3.8) is 0 Å². The number of nitrogens with zero attached hydrogens (tertiary/aromatic N) is 2. The molecule has 3 heteroatoms. The molecule has 2 heterocycles. The van der Waals surface area contributed by atoms with E-state index in [1.807, 2.05) is 0 Å². The van der Waals surface area contributed by atoms with Gasteiger partial charge >= 0.3 is 0 Å². The monoisotopic (exact) mass is 668 g/mol. The fourth-order valence-corrected chi connectivity index (χ4v) is 8.60. The van der Waals surface area contributed by atoms with Crippen molar-refractivity contribution in [2.75, 3.05) is 0 Å². The second kappa shape index (κ2) is 11.8. The molecule has 0 radical (unpaired) electrons. The van der Waals surface area contributed by atoms with E-state index in [-0.39, 0.29) is 11.3 Å². The number of hydrogen-bond donors (Lipinski definition) is 0. The minimum atomic E-state index is -0.128. The van der Waals surface area contributed by atoms with Gasteiger partial charge in [-0.2, -0.15) is 5.10 Å². The average Bonchev–Trinajstić information content (AvgIpc) is 3.79. The highest BCUT2D eigenvalue weighted by molar-refractivity contribution is 6.12. The molecule has 0 fully saturated rings. The lowest BCUT2D eigenvalue weighted by Crippen LogP contribution is -2.29. The van der Waals surface area contributed by atoms with Crippen molar-refractivity contribution >= 4 is 21.9 Å². The highest BCUT2D eigenvalue weighted by atomic mass is 16.3. The van der Waals surface area contributed by atoms with Crippen LogP contribution in [0.4, 0.5) is 0 Å². The van der Waals surface area contributed by atoms with Crippen LogP contribution in [0.25, 0.3) is 61.3 Å². The van der Waals surface area contributed by atoms with Crippen LogP contribution in [0.15, 0.2) is 180 Å². The van der Waals surface area contributed by atoms with E-state index in [2.05, 4.69) is 194 Å². The van der Waals surface area contributed by atoms with Crippen LogP contribution in [-0.4, -0.2) is 9.78 Å². The van der Waals surface area contributed by atoms with Gasteiger partial charge in [-0.05, 0) is 58.1 Å². The minimum absolute atomic E-state index is 0.0294. The molecule has 0 spiro atoms. The van der Waals surface area contributed by atoms with Crippen molar-refractivity contribution in [2.45, 2.75) is 25.2 Å². The Morgan fingerprint density at radius 3 is 1.79 bits per heavy atom. The van der Waals surface area contributed by atoms with Crippen LogP contribution >= 0.6 is 0 Å². The molecule has 52 heavy (non-hydrogen) atoms. The van der Waals surface area contributed by atoms with Gasteiger partial charge in [0.1, 0.15) is 16.9 Å². The lowest BCUT2D eigenvalue weighted by atomic mass is 9.64. The summed E-state index contributed by atoms with van der Waals surface area (Å²) >= 11 is 0. The Hall–Kier alpha value is -6.45. The largest absolute Gasteiger partial charge is 0.455 e. The van der Waals surface area contributed by atoms with Crippen molar-refractivity contribution in [3.05, 3.63) is 204 Å². The van der Waals surface area contributed by atoms with Crippen molar-refractivity contribution < 1.29 is 4.42 Å². The number of rotatable bonds is 5. The molecule has 1 aliphatic carbocycles. The van der Waals surface area contributed by atoms with E-state index in [9.17, 15) is 0 Å². The number of fused-ring (bicyclic) bond motifs is 5. The van der Waals surface area contributed by atoms with E-state index in [0.29, 0.717) is 0 Å². The van der Waals surface area contributed by atoms with Gasteiger partial charge in [0.25, 0.3) is 0 Å². The van der Waals surface area contributed by atoms with Gasteiger partial charge in [0.15, 0.2) is 0 Å². The molecule has 0 atom stereocenters. The van der Waals surface area contributed by atoms with Crippen LogP contribution in [-0.2, 0) is 5.41 Å². The van der Waals surface area contributed by atoms with E-state index in [1.165, 1.54) is 27.8 Å². The summed E-state index contributed by atoms with van der Waals surface area (Å²) in [6.07, 6.45) is 0. The van der Waals surface area contributed by atoms with Gasteiger partial charge in [-0.15, -0.1) is 0 Å². The van der Waals surface area contributed by atoms with E-state index in [4.69, 9.17) is 9.52 Å². The SMILES string of the molecule is CC1(C)c2ccccc2C(c2cc(-c3c(-c4ccccc4)nn(-c4ccccc4)c3-c3ccccc3)c3oc4ccccc4c3c2)c2ccccc21. The zero-order valence-electron chi connectivity index (χ0n) is 29.1. The molecule has 0 amide bonds. The van der Waals surface area contributed by atoms with Crippen LogP contribution in [0, 0.1) is 0 Å². The number of para-hydroxylation sites is 2. The molecule has 0 saturated carbocycles. The number of furan rings is 1. The summed E-state index contributed by atoms with van der Waals surface area (Å²) in [4.78, 5) is 0. The lowest BCUT2D eigenvalue weighted by molar-refractivity contribution is 0.597. The first-order valence-corrected chi connectivity index (χ1v) is 18.0. The van der Waals surface area contributed by atoms with E-state index in [0.717, 1.165) is 61.3 Å². The lowest BCUT2D eigenvalue weighted by Gasteiger charge is -2.39. The summed E-state index contributed by atoms with van der Waals surface area (Å²) in [5.41, 5.74) is 15.4. The Balaban J connectivity index is 1.36. The van der Waals surface area contributed by atoms with Crippen LogP contribution in [0.2, 0.25) is 0 Å². The normalized spacial score (nSPS) is 13.7. The molecule has 10 rings (SSSR count). The Morgan fingerprint density at radius 1 is 0.558 bits per heavy atom. The zero-order chi connectivity index (χ0) is 34.8. The van der Waals surface area contributed by atoms with Gasteiger partial charge in [-0.25, -0.2) is 4.68 Å². The predicted molar refractivity (Wildman–Crippen MR) is 213 cm³/mol. The molecular formula is C49H36N2O. The second-order valence-electron chi connectivity index (χ2n) is 14.3. The molecule has 0 bridgehead atoms.